The van der Waals surface area contributed by atoms with Gasteiger partial charge < -0.3 is 10.5 Å². The predicted molar refractivity (Wildman–Crippen MR) is 81.4 cm³/mol. The molecule has 0 aliphatic rings. The molecular weight excluding hydrogens is 394 g/mol. The normalized spacial score (nSPS) is 13.3. The Kier molecular flexibility index (Phi) is 5.92. The second kappa shape index (κ2) is 7.02. The van der Waals surface area contributed by atoms with E-state index < -0.39 is 10.5 Å². The van der Waals surface area contributed by atoms with Gasteiger partial charge in [0.25, 0.3) is 5.69 Å². The highest BCUT2D eigenvalue weighted by atomic mass is 79.9. The zero-order valence-corrected chi connectivity index (χ0v) is 13.9. The van der Waals surface area contributed by atoms with Crippen LogP contribution in [0.4, 0.5) is 5.69 Å². The summed E-state index contributed by atoms with van der Waals surface area (Å²) in [5.41, 5.74) is 4.80. The Labute approximate surface area is 133 Å². The van der Waals surface area contributed by atoms with Gasteiger partial charge in [0.05, 0.1) is 26.5 Å². The van der Waals surface area contributed by atoms with Crippen LogP contribution >= 0.6 is 31.9 Å². The molecule has 0 radical (unpaired) electrons. The largest absolute Gasteiger partial charge is 0.491 e. The van der Waals surface area contributed by atoms with Crippen molar-refractivity contribution in [2.24, 2.45) is 5.73 Å². The van der Waals surface area contributed by atoms with Gasteiger partial charge in [-0.3, -0.25) is 10.1 Å². The minimum atomic E-state index is -0.868. The monoisotopic (exact) mass is 405 g/mol. The number of nitro groups is 1. The number of nitro benzene ring substituents is 1. The molecule has 108 valence electrons. The van der Waals surface area contributed by atoms with Crippen LogP contribution in [0.25, 0.3) is 0 Å². The number of halogens is 2. The molecule has 0 fully saturated rings. The van der Waals surface area contributed by atoms with Crippen molar-refractivity contribution in [3.63, 3.8) is 0 Å². The second-order valence-corrected chi connectivity index (χ2v) is 6.19. The molecule has 2 N–H and O–H groups in total. The van der Waals surface area contributed by atoms with Gasteiger partial charge in [0, 0.05) is 12.1 Å². The molecule has 0 amide bonds. The molecule has 0 aliphatic heterocycles. The minimum absolute atomic E-state index is 0.0323. The van der Waals surface area contributed by atoms with Gasteiger partial charge in [-0.15, -0.1) is 0 Å². The second-order valence-electron chi connectivity index (χ2n) is 4.48. The molecule has 0 aromatic heterocycles. The maximum atomic E-state index is 10.7. The van der Waals surface area contributed by atoms with Gasteiger partial charge >= 0.3 is 0 Å². The van der Waals surface area contributed by atoms with E-state index in [1.54, 1.807) is 6.92 Å². The summed E-state index contributed by atoms with van der Waals surface area (Å²) in [6.45, 7) is 2.02. The van der Waals surface area contributed by atoms with Crippen molar-refractivity contribution in [1.29, 1.82) is 5.26 Å². The molecular formula is C12H13Br2N3O3. The Hall–Kier alpha value is -1.17. The van der Waals surface area contributed by atoms with Crippen LogP contribution in [0.1, 0.15) is 19.8 Å². The van der Waals surface area contributed by atoms with Crippen molar-refractivity contribution in [1.82, 2.24) is 0 Å². The maximum Gasteiger partial charge on any atom is 0.271 e. The average molecular weight is 407 g/mol. The SMILES string of the molecule is CC(N)(C#N)CCCOc1c(Br)cc([N+](=O)[O-])cc1Br. The molecule has 0 aliphatic carbocycles. The molecule has 1 rings (SSSR count). The van der Waals surface area contributed by atoms with E-state index in [1.165, 1.54) is 12.1 Å². The molecule has 6 nitrogen and oxygen atoms in total. The summed E-state index contributed by atoms with van der Waals surface area (Å²) in [6, 6.07) is 4.77. The first-order valence-electron chi connectivity index (χ1n) is 5.73. The molecule has 1 unspecified atom stereocenters. The fraction of sp³-hybridized carbons (Fsp3) is 0.417. The first-order chi connectivity index (χ1) is 9.26. The van der Waals surface area contributed by atoms with Crippen molar-refractivity contribution in [3.05, 3.63) is 31.2 Å². The Bertz CT molecular complexity index is 532. The van der Waals surface area contributed by atoms with E-state index in [1.807, 2.05) is 6.07 Å². The molecule has 0 saturated carbocycles. The topological polar surface area (TPSA) is 102 Å². The van der Waals surface area contributed by atoms with Gasteiger partial charge in [-0.2, -0.15) is 5.26 Å². The van der Waals surface area contributed by atoms with Gasteiger partial charge in [-0.25, -0.2) is 0 Å². The highest BCUT2D eigenvalue weighted by molar-refractivity contribution is 9.11. The number of rotatable bonds is 6. The molecule has 0 heterocycles. The third-order valence-electron chi connectivity index (χ3n) is 2.54. The summed E-state index contributed by atoms with van der Waals surface area (Å²) in [7, 11) is 0. The van der Waals surface area contributed by atoms with E-state index in [-0.39, 0.29) is 5.69 Å². The van der Waals surface area contributed by atoms with Crippen LogP contribution in [0.2, 0.25) is 0 Å². The number of nitriles is 1. The standard InChI is InChI=1S/C12H13Br2N3O3/c1-12(16,7-15)3-2-4-20-11-9(13)5-8(17(18)19)6-10(11)14/h5-6H,2-4,16H2,1H3. The summed E-state index contributed by atoms with van der Waals surface area (Å²) < 4.78 is 6.55. The molecule has 8 heteroatoms. The smallest absolute Gasteiger partial charge is 0.271 e. The van der Waals surface area contributed by atoms with Gasteiger partial charge in [0.1, 0.15) is 11.3 Å². The van der Waals surface area contributed by atoms with Crippen molar-refractivity contribution in [3.8, 4) is 11.8 Å². The van der Waals surface area contributed by atoms with Gasteiger partial charge in [0.2, 0.25) is 0 Å². The molecule has 0 bridgehead atoms. The minimum Gasteiger partial charge on any atom is -0.491 e. The lowest BCUT2D eigenvalue weighted by molar-refractivity contribution is -0.385. The lowest BCUT2D eigenvalue weighted by Crippen LogP contribution is -2.34. The number of nitrogens with two attached hydrogens (primary N) is 1. The van der Waals surface area contributed by atoms with E-state index >= 15 is 0 Å². The van der Waals surface area contributed by atoms with Crippen LogP contribution in [0, 0.1) is 21.4 Å². The number of non-ortho nitro benzene ring substituents is 1. The van der Waals surface area contributed by atoms with E-state index in [0.29, 0.717) is 34.1 Å². The van der Waals surface area contributed by atoms with Gasteiger partial charge in [0.15, 0.2) is 0 Å². The summed E-state index contributed by atoms with van der Waals surface area (Å²) >= 11 is 6.47. The van der Waals surface area contributed by atoms with Crippen molar-refractivity contribution < 1.29 is 9.66 Å². The first-order valence-corrected chi connectivity index (χ1v) is 7.32. The summed E-state index contributed by atoms with van der Waals surface area (Å²) in [5.74, 6) is 0.492. The summed E-state index contributed by atoms with van der Waals surface area (Å²) in [4.78, 5) is 10.2. The Morgan fingerprint density at radius 3 is 2.50 bits per heavy atom. The van der Waals surface area contributed by atoms with Crippen molar-refractivity contribution in [2.75, 3.05) is 6.61 Å². The Morgan fingerprint density at radius 2 is 2.05 bits per heavy atom. The quantitative estimate of drug-likeness (QED) is 0.442. The highest BCUT2D eigenvalue weighted by Gasteiger charge is 2.18. The van der Waals surface area contributed by atoms with Gasteiger partial charge in [-0.05, 0) is 51.6 Å². The van der Waals surface area contributed by atoms with Crippen LogP contribution in [0.3, 0.4) is 0 Å². The number of benzene rings is 1. The van der Waals surface area contributed by atoms with Crippen molar-refractivity contribution >= 4 is 37.5 Å². The third kappa shape index (κ3) is 4.74. The summed E-state index contributed by atoms with van der Waals surface area (Å²) in [5, 5.41) is 19.5. The molecule has 0 saturated heterocycles. The van der Waals surface area contributed by atoms with E-state index in [9.17, 15) is 10.1 Å². The van der Waals surface area contributed by atoms with Crippen LogP contribution in [-0.4, -0.2) is 17.1 Å². The number of hydrogen-bond acceptors (Lipinski definition) is 5. The maximum absolute atomic E-state index is 10.7. The molecule has 1 aromatic rings. The van der Waals surface area contributed by atoms with Crippen LogP contribution < -0.4 is 10.5 Å². The van der Waals surface area contributed by atoms with E-state index in [2.05, 4.69) is 31.9 Å². The fourth-order valence-corrected chi connectivity index (χ4v) is 2.85. The molecule has 20 heavy (non-hydrogen) atoms. The van der Waals surface area contributed by atoms with E-state index in [4.69, 9.17) is 15.7 Å². The molecule has 1 aromatic carbocycles. The van der Waals surface area contributed by atoms with Crippen LogP contribution in [0.15, 0.2) is 21.1 Å². The number of nitrogens with zero attached hydrogens (tertiary/aromatic N) is 2. The Morgan fingerprint density at radius 1 is 1.50 bits per heavy atom. The zero-order chi connectivity index (χ0) is 15.3. The lowest BCUT2D eigenvalue weighted by atomic mass is 10.00. The van der Waals surface area contributed by atoms with Crippen molar-refractivity contribution in [2.45, 2.75) is 25.3 Å². The number of hydrogen-bond donors (Lipinski definition) is 1. The summed E-state index contributed by atoms with van der Waals surface area (Å²) in [6.07, 6.45) is 1.11. The molecule has 1 atom stereocenters. The van der Waals surface area contributed by atoms with Crippen LogP contribution in [-0.2, 0) is 0 Å². The van der Waals surface area contributed by atoms with Gasteiger partial charge in [-0.1, -0.05) is 0 Å². The zero-order valence-electron chi connectivity index (χ0n) is 10.7. The average Bonchev–Trinajstić information content (AvgIpc) is 2.36. The number of ether oxygens (including phenoxy) is 1. The third-order valence-corrected chi connectivity index (χ3v) is 3.71. The lowest BCUT2D eigenvalue weighted by Gasteiger charge is -2.15. The predicted octanol–water partition coefficient (Wildman–Crippen LogP) is 3.52. The Balaban J connectivity index is 2.66. The fourth-order valence-electron chi connectivity index (χ4n) is 1.46. The highest BCUT2D eigenvalue weighted by Crippen LogP contribution is 2.37. The van der Waals surface area contributed by atoms with Crippen LogP contribution in [0.5, 0.6) is 5.75 Å². The van der Waals surface area contributed by atoms with E-state index in [0.717, 1.165) is 0 Å². The first kappa shape index (κ1) is 16.9. The molecule has 0 spiro atoms.